The van der Waals surface area contributed by atoms with Crippen LogP contribution < -0.4 is 10.1 Å². The number of fused-ring (bicyclic) bond motifs is 1. The van der Waals surface area contributed by atoms with Gasteiger partial charge in [-0.25, -0.2) is 4.79 Å². The van der Waals surface area contributed by atoms with Crippen molar-refractivity contribution in [1.82, 2.24) is 10.2 Å². The lowest BCUT2D eigenvalue weighted by Crippen LogP contribution is -2.38. The van der Waals surface area contributed by atoms with Crippen molar-refractivity contribution < 1.29 is 24.2 Å². The fourth-order valence-electron chi connectivity index (χ4n) is 3.09. The van der Waals surface area contributed by atoms with E-state index in [0.29, 0.717) is 30.8 Å². The normalized spacial score (nSPS) is 12.6. The van der Waals surface area contributed by atoms with Gasteiger partial charge >= 0.3 is 5.97 Å². The Hall–Kier alpha value is -3.35. The molecule has 27 heavy (non-hydrogen) atoms. The number of nitrogens with one attached hydrogen (secondary N) is 1. The number of hydrogen-bond donors (Lipinski definition) is 2. The number of nitrogens with zero attached hydrogens (tertiary/aromatic N) is 1. The van der Waals surface area contributed by atoms with E-state index in [1.165, 1.54) is 24.1 Å². The molecule has 2 amide bonds. The predicted molar refractivity (Wildman–Crippen MR) is 97.8 cm³/mol. The standard InChI is InChI=1S/C20H20N2O5/c1-27-17-10-14(20(25)26)7-6-13(17)8-9-21-18(23)12-22-11-15-4-2-3-5-16(15)19(22)24/h2-7,10H,8-9,11-12H2,1H3,(H,21,23)(H,25,26). The van der Waals surface area contributed by atoms with Gasteiger partial charge in [-0.15, -0.1) is 0 Å². The summed E-state index contributed by atoms with van der Waals surface area (Å²) >= 11 is 0. The second-order valence-electron chi connectivity index (χ2n) is 6.25. The lowest BCUT2D eigenvalue weighted by atomic mass is 10.1. The zero-order valence-electron chi connectivity index (χ0n) is 14.9. The fraction of sp³-hybridized carbons (Fsp3) is 0.250. The Morgan fingerprint density at radius 3 is 2.70 bits per heavy atom. The molecule has 0 spiro atoms. The molecule has 2 aromatic rings. The molecule has 1 aliphatic rings. The van der Waals surface area contributed by atoms with Crippen LogP contribution >= 0.6 is 0 Å². The number of benzene rings is 2. The molecule has 0 saturated carbocycles. The number of rotatable bonds is 7. The summed E-state index contributed by atoms with van der Waals surface area (Å²) in [6.07, 6.45) is 0.489. The van der Waals surface area contributed by atoms with E-state index in [1.807, 2.05) is 18.2 Å². The highest BCUT2D eigenvalue weighted by atomic mass is 16.5. The van der Waals surface area contributed by atoms with E-state index in [-0.39, 0.29) is 23.9 Å². The summed E-state index contributed by atoms with van der Waals surface area (Å²) in [7, 11) is 1.47. The number of carbonyl (C=O) groups excluding carboxylic acids is 2. The Bertz CT molecular complexity index is 894. The van der Waals surface area contributed by atoms with Crippen molar-refractivity contribution in [2.24, 2.45) is 0 Å². The van der Waals surface area contributed by atoms with Crippen LogP contribution in [0.15, 0.2) is 42.5 Å². The molecule has 3 rings (SSSR count). The minimum Gasteiger partial charge on any atom is -0.496 e. The number of aromatic carboxylic acids is 1. The molecular weight excluding hydrogens is 348 g/mol. The molecule has 2 aromatic carbocycles. The Labute approximate surface area is 156 Å². The third-order valence-electron chi connectivity index (χ3n) is 4.48. The van der Waals surface area contributed by atoms with Gasteiger partial charge in [0.05, 0.1) is 12.7 Å². The zero-order valence-corrected chi connectivity index (χ0v) is 14.9. The maximum Gasteiger partial charge on any atom is 0.335 e. The highest BCUT2D eigenvalue weighted by molar-refractivity contribution is 6.00. The van der Waals surface area contributed by atoms with Crippen molar-refractivity contribution in [3.8, 4) is 5.75 Å². The lowest BCUT2D eigenvalue weighted by molar-refractivity contribution is -0.121. The third kappa shape index (κ3) is 4.08. The molecular formula is C20H20N2O5. The van der Waals surface area contributed by atoms with Crippen molar-refractivity contribution in [1.29, 1.82) is 0 Å². The fourth-order valence-corrected chi connectivity index (χ4v) is 3.09. The molecule has 0 atom stereocenters. The van der Waals surface area contributed by atoms with Gasteiger partial charge in [0, 0.05) is 18.7 Å². The first kappa shape index (κ1) is 18.4. The summed E-state index contributed by atoms with van der Waals surface area (Å²) in [5, 5.41) is 11.8. The van der Waals surface area contributed by atoms with Gasteiger partial charge < -0.3 is 20.1 Å². The maximum absolute atomic E-state index is 12.3. The summed E-state index contributed by atoms with van der Waals surface area (Å²) in [6, 6.07) is 12.0. The first-order valence-corrected chi connectivity index (χ1v) is 8.53. The Balaban J connectivity index is 1.52. The summed E-state index contributed by atoms with van der Waals surface area (Å²) in [4.78, 5) is 37.0. The zero-order chi connectivity index (χ0) is 19.4. The molecule has 0 unspecified atom stereocenters. The average Bonchev–Trinajstić information content (AvgIpc) is 2.97. The number of carbonyl (C=O) groups is 3. The van der Waals surface area contributed by atoms with E-state index >= 15 is 0 Å². The molecule has 0 fully saturated rings. The number of carboxylic acid groups (broad SMARTS) is 1. The van der Waals surface area contributed by atoms with Crippen molar-refractivity contribution in [3.05, 3.63) is 64.7 Å². The second-order valence-corrected chi connectivity index (χ2v) is 6.25. The van der Waals surface area contributed by atoms with Crippen LogP contribution in [0.1, 0.15) is 31.8 Å². The van der Waals surface area contributed by atoms with Crippen LogP contribution in [-0.4, -0.2) is 48.0 Å². The molecule has 7 heteroatoms. The van der Waals surface area contributed by atoms with Crippen LogP contribution in [0.25, 0.3) is 0 Å². The molecule has 140 valence electrons. The Morgan fingerprint density at radius 1 is 1.22 bits per heavy atom. The molecule has 1 heterocycles. The number of hydrogen-bond acceptors (Lipinski definition) is 4. The molecule has 0 aliphatic carbocycles. The summed E-state index contributed by atoms with van der Waals surface area (Å²) in [6.45, 7) is 0.798. The van der Waals surface area contributed by atoms with Crippen LogP contribution in [0.2, 0.25) is 0 Å². The lowest BCUT2D eigenvalue weighted by Gasteiger charge is -2.15. The van der Waals surface area contributed by atoms with Crippen molar-refractivity contribution >= 4 is 17.8 Å². The second kappa shape index (κ2) is 7.90. The molecule has 7 nitrogen and oxygen atoms in total. The van der Waals surface area contributed by atoms with E-state index in [0.717, 1.165) is 11.1 Å². The molecule has 1 aliphatic heterocycles. The minimum atomic E-state index is -1.02. The van der Waals surface area contributed by atoms with Gasteiger partial charge in [0.2, 0.25) is 5.91 Å². The SMILES string of the molecule is COc1cc(C(=O)O)ccc1CCNC(=O)CN1Cc2ccccc2C1=O. The van der Waals surface area contributed by atoms with E-state index in [2.05, 4.69) is 5.32 Å². The summed E-state index contributed by atoms with van der Waals surface area (Å²) in [5.74, 6) is -0.928. The molecule has 0 aromatic heterocycles. The van der Waals surface area contributed by atoms with Crippen LogP contribution in [0.5, 0.6) is 5.75 Å². The van der Waals surface area contributed by atoms with Crippen molar-refractivity contribution in [2.45, 2.75) is 13.0 Å². The van der Waals surface area contributed by atoms with Crippen LogP contribution in [0.3, 0.4) is 0 Å². The number of amides is 2. The first-order chi connectivity index (χ1) is 13.0. The quantitative estimate of drug-likeness (QED) is 0.776. The average molecular weight is 368 g/mol. The number of carboxylic acids is 1. The van der Waals surface area contributed by atoms with Crippen LogP contribution in [0.4, 0.5) is 0 Å². The van der Waals surface area contributed by atoms with Gasteiger partial charge in [-0.3, -0.25) is 9.59 Å². The third-order valence-corrected chi connectivity index (χ3v) is 4.48. The Kier molecular flexibility index (Phi) is 5.40. The van der Waals surface area contributed by atoms with Gasteiger partial charge in [0.15, 0.2) is 0 Å². The van der Waals surface area contributed by atoms with Crippen LogP contribution in [0, 0.1) is 0 Å². The molecule has 0 radical (unpaired) electrons. The monoisotopic (exact) mass is 368 g/mol. The Morgan fingerprint density at radius 2 is 2.00 bits per heavy atom. The van der Waals surface area contributed by atoms with E-state index in [4.69, 9.17) is 9.84 Å². The van der Waals surface area contributed by atoms with E-state index in [1.54, 1.807) is 12.1 Å². The first-order valence-electron chi connectivity index (χ1n) is 8.53. The highest BCUT2D eigenvalue weighted by Crippen LogP contribution is 2.22. The highest BCUT2D eigenvalue weighted by Gasteiger charge is 2.28. The maximum atomic E-state index is 12.3. The van der Waals surface area contributed by atoms with Crippen molar-refractivity contribution in [3.63, 3.8) is 0 Å². The van der Waals surface area contributed by atoms with Gasteiger partial charge in [0.1, 0.15) is 12.3 Å². The molecule has 0 saturated heterocycles. The topological polar surface area (TPSA) is 95.9 Å². The van der Waals surface area contributed by atoms with Crippen molar-refractivity contribution in [2.75, 3.05) is 20.2 Å². The molecule has 2 N–H and O–H groups in total. The smallest absolute Gasteiger partial charge is 0.335 e. The molecule has 0 bridgehead atoms. The van der Waals surface area contributed by atoms with Crippen LogP contribution in [-0.2, 0) is 17.8 Å². The van der Waals surface area contributed by atoms with Gasteiger partial charge in [-0.05, 0) is 35.7 Å². The van der Waals surface area contributed by atoms with Gasteiger partial charge in [0.25, 0.3) is 5.91 Å². The van der Waals surface area contributed by atoms with Gasteiger partial charge in [-0.1, -0.05) is 24.3 Å². The largest absolute Gasteiger partial charge is 0.496 e. The number of ether oxygens (including phenoxy) is 1. The van der Waals surface area contributed by atoms with Gasteiger partial charge in [-0.2, -0.15) is 0 Å². The summed E-state index contributed by atoms with van der Waals surface area (Å²) < 4.78 is 5.22. The van der Waals surface area contributed by atoms with E-state index < -0.39 is 5.97 Å². The predicted octanol–water partition coefficient (Wildman–Crippen LogP) is 1.71. The minimum absolute atomic E-state index is 0.00258. The number of methoxy groups -OCH3 is 1. The van der Waals surface area contributed by atoms with E-state index in [9.17, 15) is 14.4 Å². The summed E-state index contributed by atoms with van der Waals surface area (Å²) in [5.41, 5.74) is 2.52.